The van der Waals surface area contributed by atoms with Gasteiger partial charge in [0, 0.05) is 17.8 Å². The van der Waals surface area contributed by atoms with E-state index in [1.807, 2.05) is 13.8 Å². The van der Waals surface area contributed by atoms with Gasteiger partial charge >= 0.3 is 0 Å². The van der Waals surface area contributed by atoms with Gasteiger partial charge in [0.15, 0.2) is 0 Å². The molecule has 10 heavy (non-hydrogen) atoms. The minimum atomic E-state index is -0.174. The Kier molecular flexibility index (Phi) is 2.06. The molecule has 0 aliphatic heterocycles. The summed E-state index contributed by atoms with van der Waals surface area (Å²) in [6.45, 7) is 3.88. The third-order valence-electron chi connectivity index (χ3n) is 1.35. The summed E-state index contributed by atoms with van der Waals surface area (Å²) >= 11 is 0. The van der Waals surface area contributed by atoms with Crippen LogP contribution in [0.4, 0.5) is 0 Å². The maximum Gasteiger partial charge on any atom is 0.110 e. The molecule has 0 bridgehead atoms. The summed E-state index contributed by atoms with van der Waals surface area (Å²) in [4.78, 5) is 0. The smallest absolute Gasteiger partial charge is 0.110 e. The van der Waals surface area contributed by atoms with Crippen molar-refractivity contribution in [1.29, 1.82) is 0 Å². The highest BCUT2D eigenvalue weighted by atomic mass is 16.3. The molecule has 0 aliphatic rings. The molecule has 1 aromatic heterocycles. The molecule has 55 valence electrons. The van der Waals surface area contributed by atoms with E-state index in [0.717, 1.165) is 5.56 Å². The fraction of sp³-hybridized carbons (Fsp3) is 0.571. The van der Waals surface area contributed by atoms with Crippen LogP contribution in [-0.2, 0) is 11.7 Å². The standard InChI is InChI=1S/C7H11N2O/c1-6(2)9-4-7(5-10)3-8-9/h3-4,6H,5H2,1-2H3. The van der Waals surface area contributed by atoms with Gasteiger partial charge in [0.2, 0.25) is 0 Å². The average molecular weight is 139 g/mol. The lowest BCUT2D eigenvalue weighted by molar-refractivity contribution is 0.177. The third-order valence-corrected chi connectivity index (χ3v) is 1.35. The predicted octanol–water partition coefficient (Wildman–Crippen LogP) is 1.39. The molecule has 0 unspecified atom stereocenters. The molecule has 1 rings (SSSR count). The van der Waals surface area contributed by atoms with Gasteiger partial charge in [0.25, 0.3) is 0 Å². The molecular weight excluding hydrogens is 128 g/mol. The molecule has 0 atom stereocenters. The molecule has 1 aromatic rings. The summed E-state index contributed by atoms with van der Waals surface area (Å²) in [5, 5.41) is 14.3. The first-order valence-electron chi connectivity index (χ1n) is 3.35. The second-order valence-electron chi connectivity index (χ2n) is 2.57. The number of aromatic nitrogens is 2. The summed E-state index contributed by atoms with van der Waals surface area (Å²) in [6.07, 6.45) is 3.41. The lowest BCUT2D eigenvalue weighted by Crippen LogP contribution is -1.99. The van der Waals surface area contributed by atoms with Gasteiger partial charge in [0.1, 0.15) is 6.61 Å². The lowest BCUT2D eigenvalue weighted by Gasteiger charge is -2.02. The van der Waals surface area contributed by atoms with E-state index in [-0.39, 0.29) is 6.61 Å². The van der Waals surface area contributed by atoms with Gasteiger partial charge in [-0.3, -0.25) is 4.68 Å². The van der Waals surface area contributed by atoms with E-state index in [2.05, 4.69) is 5.10 Å². The average Bonchev–Trinajstić information content (AvgIpc) is 2.34. The summed E-state index contributed by atoms with van der Waals surface area (Å²) < 4.78 is 1.78. The topological polar surface area (TPSA) is 37.7 Å². The monoisotopic (exact) mass is 139 g/mol. The molecule has 0 saturated heterocycles. The van der Waals surface area contributed by atoms with E-state index in [0.29, 0.717) is 6.04 Å². The molecule has 0 spiro atoms. The van der Waals surface area contributed by atoms with Crippen molar-refractivity contribution < 1.29 is 5.11 Å². The zero-order chi connectivity index (χ0) is 7.56. The minimum Gasteiger partial charge on any atom is -0.270 e. The molecule has 0 N–H and O–H groups in total. The van der Waals surface area contributed by atoms with E-state index in [1.54, 1.807) is 17.1 Å². The van der Waals surface area contributed by atoms with Crippen LogP contribution < -0.4 is 0 Å². The van der Waals surface area contributed by atoms with Crippen LogP contribution in [0.3, 0.4) is 0 Å². The van der Waals surface area contributed by atoms with Crippen molar-refractivity contribution in [3.05, 3.63) is 18.0 Å². The fourth-order valence-electron chi connectivity index (χ4n) is 0.734. The Hall–Kier alpha value is -0.830. The zero-order valence-electron chi connectivity index (χ0n) is 6.24. The van der Waals surface area contributed by atoms with Crippen LogP contribution >= 0.6 is 0 Å². The van der Waals surface area contributed by atoms with Gasteiger partial charge in [-0.15, -0.1) is 0 Å². The van der Waals surface area contributed by atoms with E-state index < -0.39 is 0 Å². The quantitative estimate of drug-likeness (QED) is 0.610. The second-order valence-corrected chi connectivity index (χ2v) is 2.57. The number of hydrogen-bond acceptors (Lipinski definition) is 1. The van der Waals surface area contributed by atoms with Crippen LogP contribution in [0.25, 0.3) is 0 Å². The molecule has 0 aliphatic carbocycles. The number of hydrogen-bond donors (Lipinski definition) is 0. The first kappa shape index (κ1) is 7.28. The highest BCUT2D eigenvalue weighted by Crippen LogP contribution is 2.04. The molecule has 0 saturated carbocycles. The first-order valence-corrected chi connectivity index (χ1v) is 3.35. The van der Waals surface area contributed by atoms with Gasteiger partial charge in [-0.05, 0) is 13.8 Å². The highest BCUT2D eigenvalue weighted by molar-refractivity contribution is 5.01. The van der Waals surface area contributed by atoms with Crippen molar-refractivity contribution in [3.8, 4) is 0 Å². The predicted molar refractivity (Wildman–Crippen MR) is 37.0 cm³/mol. The van der Waals surface area contributed by atoms with Crippen molar-refractivity contribution in [3.63, 3.8) is 0 Å². The highest BCUT2D eigenvalue weighted by Gasteiger charge is 1.99. The molecule has 1 radical (unpaired) electrons. The zero-order valence-corrected chi connectivity index (χ0v) is 6.24. The first-order chi connectivity index (χ1) is 4.74. The fourth-order valence-corrected chi connectivity index (χ4v) is 0.734. The van der Waals surface area contributed by atoms with Crippen LogP contribution in [-0.4, -0.2) is 9.78 Å². The third kappa shape index (κ3) is 1.36. The normalized spacial score (nSPS) is 10.8. The Bertz CT molecular complexity index is 205. The van der Waals surface area contributed by atoms with Gasteiger partial charge in [-0.25, -0.2) is 5.11 Å². The van der Waals surface area contributed by atoms with Gasteiger partial charge in [-0.1, -0.05) is 0 Å². The Morgan fingerprint density at radius 1 is 1.70 bits per heavy atom. The second kappa shape index (κ2) is 2.84. The molecule has 0 amide bonds. The largest absolute Gasteiger partial charge is 0.270 e. The minimum absolute atomic E-state index is 0.174. The molecular formula is C7H11N2O. The Morgan fingerprint density at radius 2 is 2.40 bits per heavy atom. The van der Waals surface area contributed by atoms with Crippen molar-refractivity contribution in [2.75, 3.05) is 0 Å². The van der Waals surface area contributed by atoms with Crippen LogP contribution in [0.2, 0.25) is 0 Å². The Labute approximate surface area is 60.3 Å². The molecule has 1 heterocycles. The summed E-state index contributed by atoms with van der Waals surface area (Å²) in [5.74, 6) is 0. The van der Waals surface area contributed by atoms with E-state index in [4.69, 9.17) is 0 Å². The molecule has 3 nitrogen and oxygen atoms in total. The van der Waals surface area contributed by atoms with Gasteiger partial charge in [-0.2, -0.15) is 5.10 Å². The number of nitrogens with zero attached hydrogens (tertiary/aromatic N) is 2. The van der Waals surface area contributed by atoms with E-state index in [1.165, 1.54) is 0 Å². The van der Waals surface area contributed by atoms with Crippen molar-refractivity contribution in [1.82, 2.24) is 9.78 Å². The van der Waals surface area contributed by atoms with Crippen LogP contribution in [0, 0.1) is 0 Å². The van der Waals surface area contributed by atoms with E-state index >= 15 is 0 Å². The maximum atomic E-state index is 10.3. The van der Waals surface area contributed by atoms with Crippen LogP contribution in [0.1, 0.15) is 25.5 Å². The number of rotatable bonds is 2. The summed E-state index contributed by atoms with van der Waals surface area (Å²) in [6, 6.07) is 0.347. The molecule has 3 heteroatoms. The summed E-state index contributed by atoms with van der Waals surface area (Å²) in [5.41, 5.74) is 0.758. The van der Waals surface area contributed by atoms with Crippen molar-refractivity contribution in [2.45, 2.75) is 26.5 Å². The van der Waals surface area contributed by atoms with Crippen LogP contribution in [0.5, 0.6) is 0 Å². The van der Waals surface area contributed by atoms with Gasteiger partial charge in [0.05, 0.1) is 6.20 Å². The SMILES string of the molecule is CC(C)n1cc(C[O])cn1. The Balaban J connectivity index is 2.78. The Morgan fingerprint density at radius 3 is 2.70 bits per heavy atom. The van der Waals surface area contributed by atoms with Crippen molar-refractivity contribution >= 4 is 0 Å². The summed E-state index contributed by atoms with van der Waals surface area (Å²) in [7, 11) is 0. The van der Waals surface area contributed by atoms with E-state index in [9.17, 15) is 5.11 Å². The van der Waals surface area contributed by atoms with Gasteiger partial charge < -0.3 is 0 Å². The molecule has 0 fully saturated rings. The maximum absolute atomic E-state index is 10.3. The van der Waals surface area contributed by atoms with Crippen LogP contribution in [0.15, 0.2) is 12.4 Å². The van der Waals surface area contributed by atoms with Crippen molar-refractivity contribution in [2.24, 2.45) is 0 Å². The lowest BCUT2D eigenvalue weighted by atomic mass is 10.4. The molecule has 0 aromatic carbocycles.